The van der Waals surface area contributed by atoms with Crippen LogP contribution in [0, 0.1) is 5.82 Å². The summed E-state index contributed by atoms with van der Waals surface area (Å²) in [6, 6.07) is 2.37. The highest BCUT2D eigenvalue weighted by atomic mass is 35.5. The summed E-state index contributed by atoms with van der Waals surface area (Å²) in [4.78, 5) is 26.9. The fraction of sp³-hybridized carbons (Fsp3) is 0.500. The molecular formula is C24H29ClFNO3S. The third-order valence-electron chi connectivity index (χ3n) is 5.60. The van der Waals surface area contributed by atoms with Crippen LogP contribution in [0.3, 0.4) is 0 Å². The van der Waals surface area contributed by atoms with Crippen LogP contribution in [0.5, 0.6) is 0 Å². The number of benzene rings is 1. The highest BCUT2D eigenvalue weighted by Gasteiger charge is 2.37. The van der Waals surface area contributed by atoms with Crippen LogP contribution in [-0.2, 0) is 9.53 Å². The summed E-state index contributed by atoms with van der Waals surface area (Å²) >= 11 is 7.90. The topological polar surface area (TPSA) is 46.6 Å². The lowest BCUT2D eigenvalue weighted by Crippen LogP contribution is -2.26. The average molecular weight is 466 g/mol. The van der Waals surface area contributed by atoms with Crippen LogP contribution in [0.4, 0.5) is 10.1 Å². The van der Waals surface area contributed by atoms with Gasteiger partial charge in [0.15, 0.2) is 0 Å². The highest BCUT2D eigenvalue weighted by molar-refractivity contribution is 7.99. The maximum atomic E-state index is 14.8. The molecular weight excluding hydrogens is 437 g/mol. The molecule has 0 saturated heterocycles. The van der Waals surface area contributed by atoms with Gasteiger partial charge in [-0.3, -0.25) is 9.69 Å². The smallest absolute Gasteiger partial charge is 0.340 e. The zero-order valence-electron chi connectivity index (χ0n) is 18.1. The molecule has 168 valence electrons. The number of hydrogen-bond acceptors (Lipinski definition) is 4. The number of amides is 1. The first-order valence-corrected chi connectivity index (χ1v) is 12.4. The van der Waals surface area contributed by atoms with E-state index in [9.17, 15) is 14.0 Å². The summed E-state index contributed by atoms with van der Waals surface area (Å²) in [5, 5.41) is -0.0379. The van der Waals surface area contributed by atoms with Crippen molar-refractivity contribution in [1.29, 1.82) is 0 Å². The van der Waals surface area contributed by atoms with Crippen molar-refractivity contribution in [3.8, 4) is 0 Å². The molecule has 1 amide bonds. The van der Waals surface area contributed by atoms with Crippen LogP contribution >= 0.6 is 23.4 Å². The van der Waals surface area contributed by atoms with Gasteiger partial charge in [0, 0.05) is 17.0 Å². The van der Waals surface area contributed by atoms with E-state index < -0.39 is 11.8 Å². The fourth-order valence-corrected chi connectivity index (χ4v) is 5.16. The molecule has 1 aliphatic heterocycles. The molecule has 0 bridgehead atoms. The number of thioether (sulfide) groups is 1. The first-order valence-electron chi connectivity index (χ1n) is 10.9. The van der Waals surface area contributed by atoms with E-state index in [0.717, 1.165) is 43.1 Å². The number of anilines is 1. The van der Waals surface area contributed by atoms with Gasteiger partial charge in [0.1, 0.15) is 11.9 Å². The van der Waals surface area contributed by atoms with E-state index in [1.165, 1.54) is 23.8 Å². The van der Waals surface area contributed by atoms with E-state index >= 15 is 0 Å². The summed E-state index contributed by atoms with van der Waals surface area (Å²) in [7, 11) is 0. The van der Waals surface area contributed by atoms with Gasteiger partial charge in [-0.1, -0.05) is 37.9 Å². The molecule has 1 aromatic rings. The number of unbranched alkanes of at least 4 members (excludes halogenated alkanes) is 2. The minimum atomic E-state index is -0.671. The van der Waals surface area contributed by atoms with E-state index in [4.69, 9.17) is 16.3 Å². The van der Waals surface area contributed by atoms with Crippen molar-refractivity contribution >= 4 is 40.9 Å². The zero-order chi connectivity index (χ0) is 22.5. The van der Waals surface area contributed by atoms with Gasteiger partial charge in [-0.25, -0.2) is 9.18 Å². The molecule has 0 N–H and O–H groups in total. The third kappa shape index (κ3) is 5.35. The van der Waals surface area contributed by atoms with E-state index in [2.05, 4.69) is 13.5 Å². The van der Waals surface area contributed by atoms with Crippen molar-refractivity contribution in [2.75, 3.05) is 16.4 Å². The standard InChI is InChI=1S/C24H29ClFNO3S/c1-4-5-8-11-31-14-15(2)30-24(29)19-12-22(21(26)13-20(19)25)27-16(3)17-9-6-7-10-18(17)23(27)28/h12-13,15H,3-11,14H2,1-2H3. The molecule has 1 unspecified atom stereocenters. The normalized spacial score (nSPS) is 17.2. The lowest BCUT2D eigenvalue weighted by atomic mass is 9.93. The summed E-state index contributed by atoms with van der Waals surface area (Å²) in [6.45, 7) is 8.00. The predicted octanol–water partition coefficient (Wildman–Crippen LogP) is 6.68. The molecule has 4 nitrogen and oxygen atoms in total. The Morgan fingerprint density at radius 2 is 2.00 bits per heavy atom. The first kappa shape index (κ1) is 23.9. The Kier molecular flexibility index (Phi) is 8.23. The molecule has 0 spiro atoms. The molecule has 2 aliphatic rings. The molecule has 1 aromatic carbocycles. The maximum Gasteiger partial charge on any atom is 0.340 e. The minimum Gasteiger partial charge on any atom is -0.458 e. The number of halogens is 2. The Bertz CT molecular complexity index is 886. The summed E-state index contributed by atoms with van der Waals surface area (Å²) in [5.41, 5.74) is 2.11. The molecule has 1 aliphatic carbocycles. The monoisotopic (exact) mass is 465 g/mol. The number of carbonyl (C=O) groups is 2. The maximum absolute atomic E-state index is 14.8. The number of allylic oxidation sites excluding steroid dienone is 1. The van der Waals surface area contributed by atoms with Crippen molar-refractivity contribution in [2.24, 2.45) is 0 Å². The van der Waals surface area contributed by atoms with Crippen LogP contribution in [0.25, 0.3) is 0 Å². The lowest BCUT2D eigenvalue weighted by Gasteiger charge is -2.21. The van der Waals surface area contributed by atoms with Crippen LogP contribution < -0.4 is 4.90 Å². The molecule has 1 heterocycles. The summed E-state index contributed by atoms with van der Waals surface area (Å²) in [6.07, 6.45) is 6.53. The Morgan fingerprint density at radius 1 is 1.29 bits per heavy atom. The van der Waals surface area contributed by atoms with Gasteiger partial charge in [-0.15, -0.1) is 0 Å². The zero-order valence-corrected chi connectivity index (χ0v) is 19.7. The van der Waals surface area contributed by atoms with E-state index in [0.29, 0.717) is 23.4 Å². The van der Waals surface area contributed by atoms with Gasteiger partial charge in [0.2, 0.25) is 0 Å². The molecule has 0 aromatic heterocycles. The Hall–Kier alpha value is -1.79. The van der Waals surface area contributed by atoms with Gasteiger partial charge in [0.05, 0.1) is 16.3 Å². The summed E-state index contributed by atoms with van der Waals surface area (Å²) < 4.78 is 20.3. The molecule has 1 atom stereocenters. The van der Waals surface area contributed by atoms with E-state index in [1.54, 1.807) is 11.8 Å². The number of esters is 1. The van der Waals surface area contributed by atoms with Gasteiger partial charge in [-0.2, -0.15) is 11.8 Å². The Morgan fingerprint density at radius 3 is 2.68 bits per heavy atom. The Balaban J connectivity index is 1.73. The second-order valence-electron chi connectivity index (χ2n) is 8.03. The van der Waals surface area contributed by atoms with E-state index in [1.807, 2.05) is 6.92 Å². The molecule has 0 radical (unpaired) electrons. The third-order valence-corrected chi connectivity index (χ3v) is 7.19. The largest absolute Gasteiger partial charge is 0.458 e. The SMILES string of the molecule is C=C1C2=C(CCCC2)C(=O)N1c1cc(C(=O)OC(C)CSCCCCC)c(Cl)cc1F. The molecule has 0 saturated carbocycles. The van der Waals surface area contributed by atoms with Crippen molar-refractivity contribution < 1.29 is 18.7 Å². The molecule has 3 rings (SSSR count). The Labute approximate surface area is 192 Å². The predicted molar refractivity (Wildman–Crippen MR) is 125 cm³/mol. The molecule has 31 heavy (non-hydrogen) atoms. The van der Waals surface area contributed by atoms with Crippen molar-refractivity contribution in [2.45, 2.75) is 64.9 Å². The van der Waals surface area contributed by atoms with Crippen molar-refractivity contribution in [1.82, 2.24) is 0 Å². The van der Waals surface area contributed by atoms with Crippen molar-refractivity contribution in [3.63, 3.8) is 0 Å². The van der Waals surface area contributed by atoms with Crippen LogP contribution in [-0.4, -0.2) is 29.5 Å². The number of rotatable bonds is 9. The van der Waals surface area contributed by atoms with Crippen molar-refractivity contribution in [3.05, 3.63) is 52.0 Å². The number of carbonyl (C=O) groups excluding carboxylic acids is 2. The number of nitrogens with zero attached hydrogens (tertiary/aromatic N) is 1. The minimum absolute atomic E-state index is 0.0117. The second-order valence-corrected chi connectivity index (χ2v) is 9.59. The van der Waals surface area contributed by atoms with E-state index in [-0.39, 0.29) is 28.3 Å². The number of hydrogen-bond donors (Lipinski definition) is 0. The molecule has 7 heteroatoms. The van der Waals surface area contributed by atoms with Crippen LogP contribution in [0.2, 0.25) is 5.02 Å². The first-order chi connectivity index (χ1) is 14.8. The average Bonchev–Trinajstić information content (AvgIpc) is 2.99. The second kappa shape index (κ2) is 10.7. The van der Waals surface area contributed by atoms with Gasteiger partial charge >= 0.3 is 5.97 Å². The number of ether oxygens (including phenoxy) is 1. The van der Waals surface area contributed by atoms with Gasteiger partial charge < -0.3 is 4.74 Å². The quantitative estimate of drug-likeness (QED) is 0.301. The lowest BCUT2D eigenvalue weighted by molar-refractivity contribution is -0.114. The van der Waals surface area contributed by atoms with Crippen LogP contribution in [0.1, 0.15) is 69.2 Å². The fourth-order valence-electron chi connectivity index (χ4n) is 3.96. The summed E-state index contributed by atoms with van der Waals surface area (Å²) in [5.74, 6) is 0.142. The van der Waals surface area contributed by atoms with Gasteiger partial charge in [0.25, 0.3) is 5.91 Å². The molecule has 0 fully saturated rings. The van der Waals surface area contributed by atoms with Gasteiger partial charge in [-0.05, 0) is 62.5 Å². The van der Waals surface area contributed by atoms with Crippen LogP contribution in [0.15, 0.2) is 35.6 Å². The highest BCUT2D eigenvalue weighted by Crippen LogP contribution is 2.42.